The van der Waals surface area contributed by atoms with Crippen molar-refractivity contribution in [3.8, 4) is 11.3 Å². The molecule has 2 spiro atoms. The predicted octanol–water partition coefficient (Wildman–Crippen LogP) is 6.47. The molecule has 2 aromatic heterocycles. The molecule has 17 nitrogen and oxygen atoms in total. The first kappa shape index (κ1) is 55.9. The second kappa shape index (κ2) is 21.4. The number of Topliss-reactive ketones (excluding diaryl/α,β-unsaturated/α-hetero) is 1. The molecule has 1 N–H and O–H groups in total. The van der Waals surface area contributed by atoms with Gasteiger partial charge in [-0.2, -0.15) is 0 Å². The Bertz CT molecular complexity index is 2670. The molecule has 4 amide bonds. The van der Waals surface area contributed by atoms with E-state index in [-0.39, 0.29) is 58.2 Å². The van der Waals surface area contributed by atoms with Gasteiger partial charge in [-0.3, -0.25) is 34.1 Å². The van der Waals surface area contributed by atoms with Gasteiger partial charge in [-0.25, -0.2) is 10.2 Å². The van der Waals surface area contributed by atoms with E-state index in [9.17, 15) is 14.4 Å². The highest BCUT2D eigenvalue weighted by atomic mass is 32.1. The van der Waals surface area contributed by atoms with Gasteiger partial charge in [0.15, 0.2) is 10.8 Å². The summed E-state index contributed by atoms with van der Waals surface area (Å²) in [5, 5.41) is 0.779. The van der Waals surface area contributed by atoms with Crippen LogP contribution >= 0.6 is 12.2 Å². The maximum atomic E-state index is 15.6. The molecule has 412 valence electrons. The standard InChI is InChI=1S/C57H80N8O9SSi/c1-12-43(66)62-26-29-74-56(34-62)20-24-61(25-21-56)52(70)60(10)45(36(3)4)47(67)48-57(76-48)32-54(8)33-63(27-28-72-51(54)75)55(9)19-18-42-39(31-55)40(46(64(42)13-2)38-16-14-22-58-44(38)37(5)71-11)30-53(6,7)35-73-49(68)41-17-15-23-65(59-41)50(57)69/h12,14,16,18-19,22,36-37,41,45,48,59H,1,13,15,17,20-21,23-35H2,2-11H3/t37-,41?,45-,48?,54-,55?,57-/m0/s1. The summed E-state index contributed by atoms with van der Waals surface area (Å²) in [4.78, 5) is 84.9. The van der Waals surface area contributed by atoms with Gasteiger partial charge in [-0.15, -0.1) is 0 Å². The minimum atomic E-state index is -1.19. The van der Waals surface area contributed by atoms with Crippen LogP contribution in [0.2, 0.25) is 10.6 Å². The number of piperidine rings is 1. The summed E-state index contributed by atoms with van der Waals surface area (Å²) < 4.78 is 27.3. The fourth-order valence-corrected chi connectivity index (χ4v) is 15.4. The fraction of sp³-hybridized carbons (Fsp3) is 0.667. The number of ketones is 1. The number of rotatable bonds is 9. The molecule has 4 unspecified atom stereocenters. The number of nitrogens with zero attached hydrogens (tertiary/aromatic N) is 7. The number of urea groups is 1. The number of nitrogens with one attached hydrogen (secondary N) is 1. The predicted molar refractivity (Wildman–Crippen MR) is 294 cm³/mol. The number of esters is 1. The van der Waals surface area contributed by atoms with Crippen LogP contribution in [-0.2, 0) is 57.5 Å². The third-order valence-electron chi connectivity index (χ3n) is 17.6. The maximum Gasteiger partial charge on any atom is 0.324 e. The van der Waals surface area contributed by atoms with Crippen molar-refractivity contribution in [1.29, 1.82) is 0 Å². The quantitative estimate of drug-likeness (QED) is 0.126. The lowest BCUT2D eigenvalue weighted by Crippen LogP contribution is -2.60. The van der Waals surface area contributed by atoms with E-state index >= 15 is 9.59 Å². The molecule has 19 heteroatoms. The van der Waals surface area contributed by atoms with Crippen molar-refractivity contribution in [3.63, 3.8) is 0 Å². The van der Waals surface area contributed by atoms with Gasteiger partial charge in [0.05, 0.1) is 58.4 Å². The minimum Gasteiger partial charge on any atom is -0.485 e. The van der Waals surface area contributed by atoms with Crippen molar-refractivity contribution in [2.24, 2.45) is 16.7 Å². The number of hydrazine groups is 1. The van der Waals surface area contributed by atoms with E-state index in [4.69, 9.17) is 36.1 Å². The lowest BCUT2D eigenvalue weighted by Gasteiger charge is -2.48. The molecule has 76 heavy (non-hydrogen) atoms. The van der Waals surface area contributed by atoms with Crippen molar-refractivity contribution in [2.45, 2.75) is 147 Å². The van der Waals surface area contributed by atoms with Crippen molar-refractivity contribution >= 4 is 62.5 Å². The Morgan fingerprint density at radius 2 is 1.76 bits per heavy atom. The van der Waals surface area contributed by atoms with Crippen LogP contribution in [0, 0.1) is 16.7 Å². The number of cyclic esters (lactones) is 1. The average Bonchev–Trinajstić information content (AvgIpc) is 4.12. The second-order valence-corrected chi connectivity index (χ2v) is 26.3. The first-order chi connectivity index (χ1) is 36.0. The zero-order valence-corrected chi connectivity index (χ0v) is 48.3. The highest BCUT2D eigenvalue weighted by Crippen LogP contribution is 2.65. The monoisotopic (exact) mass is 1080 g/mol. The Labute approximate surface area is 457 Å². The zero-order valence-electron chi connectivity index (χ0n) is 46.5. The number of amides is 4. The normalized spacial score (nSPS) is 30.2. The maximum absolute atomic E-state index is 15.6. The number of hydrogen-bond acceptors (Lipinski definition) is 13. The molecular weight excluding hydrogens is 1000 g/mol. The average molecular weight is 1080 g/mol. The van der Waals surface area contributed by atoms with Crippen LogP contribution in [-0.4, -0.2) is 181 Å². The highest BCUT2D eigenvalue weighted by molar-refractivity contribution is 7.80. The van der Waals surface area contributed by atoms with Crippen LogP contribution < -0.4 is 5.43 Å². The molecule has 2 aromatic rings. The van der Waals surface area contributed by atoms with E-state index in [1.54, 1.807) is 33.9 Å². The van der Waals surface area contributed by atoms with Gasteiger partial charge in [-0.1, -0.05) is 47.3 Å². The topological polar surface area (TPSA) is 168 Å². The number of pyridine rings is 1. The first-order valence-corrected chi connectivity index (χ1v) is 29.0. The first-order valence-electron chi connectivity index (χ1n) is 27.5. The molecular formula is C57H80N8O9SSi. The Morgan fingerprint density at radius 3 is 2.46 bits per heavy atom. The number of carbonyl (C=O) groups excluding carboxylic acids is 5. The fourth-order valence-electron chi connectivity index (χ4n) is 13.3. The Kier molecular flexibility index (Phi) is 15.8. The highest BCUT2D eigenvalue weighted by Gasteiger charge is 2.69. The van der Waals surface area contributed by atoms with Gasteiger partial charge in [0, 0.05) is 104 Å². The summed E-state index contributed by atoms with van der Waals surface area (Å²) in [6.45, 7) is 25.2. The molecule has 1 aliphatic carbocycles. The van der Waals surface area contributed by atoms with Crippen LogP contribution in [0.3, 0.4) is 0 Å². The largest absolute Gasteiger partial charge is 0.485 e. The molecule has 5 fully saturated rings. The molecule has 0 saturated carbocycles. The molecule has 2 radical (unpaired) electrons. The molecule has 6 bridgehead atoms. The van der Waals surface area contributed by atoms with Crippen LogP contribution in [0.4, 0.5) is 4.79 Å². The summed E-state index contributed by atoms with van der Waals surface area (Å²) in [5.41, 5.74) is 6.61. The lowest BCUT2D eigenvalue weighted by atomic mass is 9.75. The van der Waals surface area contributed by atoms with Crippen LogP contribution in [0.5, 0.6) is 0 Å². The summed E-state index contributed by atoms with van der Waals surface area (Å²) in [6, 6.07) is 2.24. The van der Waals surface area contributed by atoms with Gasteiger partial charge in [0.1, 0.15) is 12.6 Å². The number of aromatic nitrogens is 2. The number of likely N-dealkylation sites (N-methyl/N-ethyl adjacent to an activating group) is 1. The Morgan fingerprint density at radius 1 is 1.01 bits per heavy atom. The zero-order chi connectivity index (χ0) is 54.7. The summed E-state index contributed by atoms with van der Waals surface area (Å²) in [5.74, 6) is -1.24. The summed E-state index contributed by atoms with van der Waals surface area (Å²) >= 11 is 6.25. The lowest BCUT2D eigenvalue weighted by molar-refractivity contribution is -0.155. The van der Waals surface area contributed by atoms with Crippen molar-refractivity contribution in [2.75, 3.05) is 79.8 Å². The van der Waals surface area contributed by atoms with E-state index < -0.39 is 50.6 Å². The van der Waals surface area contributed by atoms with Crippen molar-refractivity contribution in [3.05, 3.63) is 59.6 Å². The number of fused-ring (bicyclic) bond motifs is 6. The van der Waals surface area contributed by atoms with Crippen molar-refractivity contribution in [1.82, 2.24) is 39.6 Å². The number of thiocarbonyl (C=S) groups is 1. The number of carbonyl (C=O) groups is 5. The second-order valence-electron chi connectivity index (χ2n) is 24.2. The summed E-state index contributed by atoms with van der Waals surface area (Å²) in [7, 11) is 3.30. The molecule has 8 atom stereocenters. The van der Waals surface area contributed by atoms with Crippen LogP contribution in [0.15, 0.2) is 37.1 Å². The number of hydrogen-bond donors (Lipinski definition) is 1. The smallest absolute Gasteiger partial charge is 0.324 e. The third-order valence-corrected chi connectivity index (χ3v) is 20.2. The van der Waals surface area contributed by atoms with Crippen molar-refractivity contribution < 1.29 is 42.9 Å². The van der Waals surface area contributed by atoms with E-state index in [1.165, 1.54) is 17.2 Å². The summed E-state index contributed by atoms with van der Waals surface area (Å²) in [6.07, 6.45) is 11.1. The van der Waals surface area contributed by atoms with E-state index in [2.05, 4.69) is 74.3 Å². The van der Waals surface area contributed by atoms with Crippen LogP contribution in [0.25, 0.3) is 17.3 Å². The number of methoxy groups -OCH3 is 1. The third kappa shape index (κ3) is 10.4. The van der Waals surface area contributed by atoms with Gasteiger partial charge in [0.2, 0.25) is 11.8 Å². The molecule has 8 heterocycles. The van der Waals surface area contributed by atoms with Gasteiger partial charge < -0.3 is 38.2 Å². The van der Waals surface area contributed by atoms with E-state index in [0.29, 0.717) is 109 Å². The number of likely N-dealkylation sites (tertiary alicyclic amines) is 1. The SMILES string of the molecule is C=CC(=O)N1CCOC2(CCN(C(=O)N(C)[C@H](C(=O)C3[Si][C@@]34C[C@@]3(C)CN(CCOC3=S)C3(C)C=Cc5c(c(c(-c6cccnc6[C@H](C)OC)n5CC)CC(C)(C)COC(=O)C5CCCN(N5)C4=O)C3)C(C)C)CC2)C1. The molecule has 5 saturated heterocycles. The molecule has 6 aliphatic heterocycles. The van der Waals surface area contributed by atoms with Gasteiger partial charge in [0.25, 0.3) is 0 Å². The molecule has 9 rings (SSSR count). The van der Waals surface area contributed by atoms with Gasteiger partial charge in [-0.05, 0) is 119 Å². The van der Waals surface area contributed by atoms with Gasteiger partial charge >= 0.3 is 12.0 Å². The van der Waals surface area contributed by atoms with E-state index in [1.807, 2.05) is 33.0 Å². The number of ether oxygens (including phenoxy) is 4. The Hall–Kier alpha value is -4.79. The molecule has 0 aromatic carbocycles. The number of morpholine rings is 1. The van der Waals surface area contributed by atoms with E-state index in [0.717, 1.165) is 22.6 Å². The molecule has 7 aliphatic rings. The Balaban J connectivity index is 1.06. The van der Waals surface area contributed by atoms with Crippen LogP contribution in [0.1, 0.15) is 116 Å². The minimum absolute atomic E-state index is 0.0964.